The maximum Gasteiger partial charge on any atom is 0.329 e. The Hall–Kier alpha value is -3.34. The number of benzene rings is 2. The van der Waals surface area contributed by atoms with Gasteiger partial charge in [-0.15, -0.1) is 0 Å². The molecular formula is C22H21N3O2. The van der Waals surface area contributed by atoms with E-state index in [1.165, 1.54) is 4.90 Å². The van der Waals surface area contributed by atoms with Crippen molar-refractivity contribution < 1.29 is 9.59 Å². The Balaban J connectivity index is 1.68. The molecule has 1 fully saturated rings. The number of hydrogen-bond acceptors (Lipinski definition) is 2. The van der Waals surface area contributed by atoms with E-state index in [1.807, 2.05) is 54.7 Å². The number of carbonyl (C=O) groups excluding carboxylic acids is 2. The number of para-hydroxylation sites is 1. The molecule has 0 spiro atoms. The quantitative estimate of drug-likeness (QED) is 0.557. The fraction of sp³-hybridized carbons (Fsp3) is 0.182. The third-order valence-corrected chi connectivity index (χ3v) is 4.77. The predicted molar refractivity (Wildman–Crippen MR) is 106 cm³/mol. The van der Waals surface area contributed by atoms with Gasteiger partial charge in [0, 0.05) is 28.7 Å². The molecule has 5 heteroatoms. The van der Waals surface area contributed by atoms with Gasteiger partial charge in [0.05, 0.1) is 6.54 Å². The van der Waals surface area contributed by atoms with E-state index in [9.17, 15) is 9.59 Å². The highest BCUT2D eigenvalue weighted by Crippen LogP contribution is 2.27. The second-order valence-corrected chi connectivity index (χ2v) is 6.97. The molecular weight excluding hydrogens is 338 g/mol. The minimum absolute atomic E-state index is 0.261. The lowest BCUT2D eigenvalue weighted by Crippen LogP contribution is -2.30. The summed E-state index contributed by atoms with van der Waals surface area (Å²) in [5.41, 5.74) is 3.25. The van der Waals surface area contributed by atoms with E-state index in [4.69, 9.17) is 0 Å². The van der Waals surface area contributed by atoms with Crippen molar-refractivity contribution in [2.75, 3.05) is 0 Å². The lowest BCUT2D eigenvalue weighted by atomic mass is 10.1. The maximum atomic E-state index is 12.8. The zero-order valence-electron chi connectivity index (χ0n) is 15.3. The summed E-state index contributed by atoms with van der Waals surface area (Å²) in [5.74, 6) is -0.301. The van der Waals surface area contributed by atoms with Gasteiger partial charge in [0.25, 0.3) is 5.91 Å². The van der Waals surface area contributed by atoms with Crippen LogP contribution in [0.25, 0.3) is 17.0 Å². The Morgan fingerprint density at radius 3 is 2.44 bits per heavy atom. The van der Waals surface area contributed by atoms with Crippen LogP contribution in [0.1, 0.15) is 31.0 Å². The Morgan fingerprint density at radius 1 is 1.00 bits per heavy atom. The second kappa shape index (κ2) is 6.76. The average molecular weight is 359 g/mol. The Bertz CT molecular complexity index is 1050. The molecule has 1 saturated heterocycles. The first-order valence-corrected chi connectivity index (χ1v) is 9.02. The number of imide groups is 1. The van der Waals surface area contributed by atoms with Crippen LogP contribution in [0.15, 0.2) is 66.5 Å². The van der Waals surface area contributed by atoms with E-state index < -0.39 is 0 Å². The van der Waals surface area contributed by atoms with Crippen molar-refractivity contribution in [2.24, 2.45) is 0 Å². The first-order valence-electron chi connectivity index (χ1n) is 9.02. The highest BCUT2D eigenvalue weighted by atomic mass is 16.2. The molecule has 27 heavy (non-hydrogen) atoms. The number of rotatable bonds is 4. The fourth-order valence-electron chi connectivity index (χ4n) is 3.41. The standard InChI is InChI=1S/C22H21N3O2/c1-15(2)24-14-17(18-10-6-7-11-20(18)24)12-19-21(26)25(22(27)23-19)13-16-8-4-3-5-9-16/h3-12,14-15H,13H2,1-2H3,(H,23,27)/b19-12+. The Labute approximate surface area is 157 Å². The summed E-state index contributed by atoms with van der Waals surface area (Å²) in [4.78, 5) is 26.3. The maximum absolute atomic E-state index is 12.8. The van der Waals surface area contributed by atoms with Crippen LogP contribution in [-0.2, 0) is 11.3 Å². The molecule has 2 aromatic carbocycles. The summed E-state index contributed by atoms with van der Waals surface area (Å²) in [7, 11) is 0. The molecule has 0 aliphatic carbocycles. The first kappa shape index (κ1) is 17.1. The molecule has 1 N–H and O–H groups in total. The summed E-state index contributed by atoms with van der Waals surface area (Å²) in [6, 6.07) is 17.5. The van der Waals surface area contributed by atoms with Crippen molar-refractivity contribution in [1.82, 2.24) is 14.8 Å². The molecule has 0 saturated carbocycles. The van der Waals surface area contributed by atoms with Gasteiger partial charge in [-0.05, 0) is 31.6 Å². The monoisotopic (exact) mass is 359 g/mol. The minimum Gasteiger partial charge on any atom is -0.344 e. The van der Waals surface area contributed by atoms with Crippen LogP contribution in [0, 0.1) is 0 Å². The van der Waals surface area contributed by atoms with E-state index in [0.717, 1.165) is 22.0 Å². The summed E-state index contributed by atoms with van der Waals surface area (Å²) in [6.45, 7) is 4.50. The molecule has 0 bridgehead atoms. The molecule has 3 aromatic rings. The number of aromatic nitrogens is 1. The largest absolute Gasteiger partial charge is 0.344 e. The van der Waals surface area contributed by atoms with Crippen LogP contribution in [-0.4, -0.2) is 21.4 Å². The van der Waals surface area contributed by atoms with Gasteiger partial charge < -0.3 is 9.88 Å². The predicted octanol–water partition coefficient (Wildman–Crippen LogP) is 4.32. The molecule has 136 valence electrons. The Morgan fingerprint density at radius 2 is 1.70 bits per heavy atom. The highest BCUT2D eigenvalue weighted by molar-refractivity contribution is 6.14. The Kier molecular flexibility index (Phi) is 4.28. The molecule has 1 aliphatic heterocycles. The van der Waals surface area contributed by atoms with Gasteiger partial charge in [-0.1, -0.05) is 48.5 Å². The van der Waals surface area contributed by atoms with Crippen LogP contribution in [0.3, 0.4) is 0 Å². The van der Waals surface area contributed by atoms with Crippen molar-refractivity contribution in [2.45, 2.75) is 26.4 Å². The molecule has 1 aliphatic rings. The summed E-state index contributed by atoms with van der Waals surface area (Å²) in [5, 5.41) is 3.77. The molecule has 2 heterocycles. The zero-order valence-corrected chi connectivity index (χ0v) is 15.3. The number of nitrogens with zero attached hydrogens (tertiary/aromatic N) is 2. The third-order valence-electron chi connectivity index (χ3n) is 4.77. The van der Waals surface area contributed by atoms with Crippen LogP contribution in [0.2, 0.25) is 0 Å². The van der Waals surface area contributed by atoms with E-state index >= 15 is 0 Å². The molecule has 0 radical (unpaired) electrons. The van der Waals surface area contributed by atoms with Crippen molar-refractivity contribution in [1.29, 1.82) is 0 Å². The third kappa shape index (κ3) is 3.12. The number of nitrogens with one attached hydrogen (secondary N) is 1. The lowest BCUT2D eigenvalue weighted by molar-refractivity contribution is -0.123. The van der Waals surface area contributed by atoms with Gasteiger partial charge in [0.1, 0.15) is 5.70 Å². The van der Waals surface area contributed by atoms with Gasteiger partial charge in [-0.2, -0.15) is 0 Å². The van der Waals surface area contributed by atoms with Crippen molar-refractivity contribution in [3.63, 3.8) is 0 Å². The average Bonchev–Trinajstić information content (AvgIpc) is 3.16. The topological polar surface area (TPSA) is 54.3 Å². The smallest absolute Gasteiger partial charge is 0.329 e. The molecule has 0 atom stereocenters. The summed E-state index contributed by atoms with van der Waals surface area (Å²) in [6.07, 6.45) is 3.80. The molecule has 3 amide bonds. The molecule has 5 nitrogen and oxygen atoms in total. The van der Waals surface area contributed by atoms with Gasteiger partial charge in [-0.25, -0.2) is 4.79 Å². The fourth-order valence-corrected chi connectivity index (χ4v) is 3.41. The normalized spacial score (nSPS) is 16.0. The first-order chi connectivity index (χ1) is 13.0. The number of urea groups is 1. The number of fused-ring (bicyclic) bond motifs is 1. The van der Waals surface area contributed by atoms with E-state index in [2.05, 4.69) is 29.8 Å². The number of amides is 3. The van der Waals surface area contributed by atoms with Crippen LogP contribution < -0.4 is 5.32 Å². The van der Waals surface area contributed by atoms with Gasteiger partial charge >= 0.3 is 6.03 Å². The summed E-state index contributed by atoms with van der Waals surface area (Å²) >= 11 is 0. The van der Waals surface area contributed by atoms with Crippen LogP contribution >= 0.6 is 0 Å². The van der Waals surface area contributed by atoms with E-state index in [1.54, 1.807) is 6.08 Å². The van der Waals surface area contributed by atoms with E-state index in [0.29, 0.717) is 11.7 Å². The molecule has 0 unspecified atom stereocenters. The van der Waals surface area contributed by atoms with Crippen molar-refractivity contribution >= 4 is 28.9 Å². The number of hydrogen-bond donors (Lipinski definition) is 1. The SMILES string of the molecule is CC(C)n1cc(/C=C2/NC(=O)N(Cc3ccccc3)C2=O)c2ccccc21. The van der Waals surface area contributed by atoms with Crippen LogP contribution in [0.5, 0.6) is 0 Å². The van der Waals surface area contributed by atoms with Gasteiger partial charge in [0.15, 0.2) is 0 Å². The van der Waals surface area contributed by atoms with Gasteiger partial charge in [0.2, 0.25) is 0 Å². The highest BCUT2D eigenvalue weighted by Gasteiger charge is 2.33. The second-order valence-electron chi connectivity index (χ2n) is 6.97. The van der Waals surface area contributed by atoms with E-state index in [-0.39, 0.29) is 18.5 Å². The van der Waals surface area contributed by atoms with Crippen molar-refractivity contribution in [3.8, 4) is 0 Å². The van der Waals surface area contributed by atoms with Gasteiger partial charge in [-0.3, -0.25) is 9.69 Å². The lowest BCUT2D eigenvalue weighted by Gasteiger charge is -2.11. The molecule has 1 aromatic heterocycles. The number of carbonyl (C=O) groups is 2. The van der Waals surface area contributed by atoms with Crippen molar-refractivity contribution in [3.05, 3.63) is 77.6 Å². The van der Waals surface area contributed by atoms with Crippen LogP contribution in [0.4, 0.5) is 4.79 Å². The molecule has 4 rings (SSSR count). The summed E-state index contributed by atoms with van der Waals surface area (Å²) < 4.78 is 2.17. The minimum atomic E-state index is -0.386. The zero-order chi connectivity index (χ0) is 19.0.